The van der Waals surface area contributed by atoms with Crippen LogP contribution in [0.3, 0.4) is 0 Å². The highest BCUT2D eigenvalue weighted by Gasteiger charge is 2.14. The molecule has 0 unspecified atom stereocenters. The Morgan fingerprint density at radius 2 is 1.69 bits per heavy atom. The molecule has 0 aliphatic carbocycles. The molecule has 0 aliphatic heterocycles. The molecular formula is C27H27IN4O3. The summed E-state index contributed by atoms with van der Waals surface area (Å²) in [6.45, 7) is 5.96. The number of anilines is 1. The van der Waals surface area contributed by atoms with Crippen LogP contribution in [-0.4, -0.2) is 36.2 Å². The van der Waals surface area contributed by atoms with Crippen molar-refractivity contribution in [3.8, 4) is 5.75 Å². The standard InChI is InChI=1S/C27H27IN4O3/c1-3-32(4-2)23-13-10-19(11-14-23)16-24(30-26(34)20-8-6-5-7-9-20)27(35)31-29-18-21-17-22(28)12-15-25(21)33/h5-18,33H,3-4H2,1-2H3,(H,30,34)(H,31,35)/b24-16+,29-18-. The Morgan fingerprint density at radius 3 is 2.34 bits per heavy atom. The Hall–Kier alpha value is -3.66. The van der Waals surface area contributed by atoms with Crippen molar-refractivity contribution < 1.29 is 14.7 Å². The first-order chi connectivity index (χ1) is 16.9. The van der Waals surface area contributed by atoms with E-state index < -0.39 is 11.8 Å². The van der Waals surface area contributed by atoms with Gasteiger partial charge in [-0.05, 0) is 90.5 Å². The van der Waals surface area contributed by atoms with Gasteiger partial charge < -0.3 is 15.3 Å². The molecule has 35 heavy (non-hydrogen) atoms. The van der Waals surface area contributed by atoms with Crippen LogP contribution in [0, 0.1) is 3.57 Å². The molecule has 3 rings (SSSR count). The van der Waals surface area contributed by atoms with Crippen LogP contribution in [0.25, 0.3) is 6.08 Å². The number of carbonyl (C=O) groups is 2. The van der Waals surface area contributed by atoms with Crippen molar-refractivity contribution in [2.45, 2.75) is 13.8 Å². The van der Waals surface area contributed by atoms with E-state index >= 15 is 0 Å². The second kappa shape index (κ2) is 12.7. The first-order valence-corrected chi connectivity index (χ1v) is 12.2. The quantitative estimate of drug-likeness (QED) is 0.147. The average Bonchev–Trinajstić information content (AvgIpc) is 2.87. The molecule has 0 heterocycles. The van der Waals surface area contributed by atoms with Crippen LogP contribution in [0.5, 0.6) is 5.75 Å². The number of nitrogens with one attached hydrogen (secondary N) is 2. The number of hydrogen-bond acceptors (Lipinski definition) is 5. The molecule has 0 aromatic heterocycles. The maximum atomic E-state index is 12.9. The summed E-state index contributed by atoms with van der Waals surface area (Å²) in [7, 11) is 0. The van der Waals surface area contributed by atoms with E-state index in [1.807, 2.05) is 30.3 Å². The third-order valence-electron chi connectivity index (χ3n) is 5.22. The van der Waals surface area contributed by atoms with Gasteiger partial charge in [0.15, 0.2) is 0 Å². The van der Waals surface area contributed by atoms with Crippen molar-refractivity contribution in [2.75, 3.05) is 18.0 Å². The van der Waals surface area contributed by atoms with Gasteiger partial charge in [-0.25, -0.2) is 5.43 Å². The zero-order valence-electron chi connectivity index (χ0n) is 19.5. The first kappa shape index (κ1) is 26.0. The van der Waals surface area contributed by atoms with Gasteiger partial charge >= 0.3 is 0 Å². The normalized spacial score (nSPS) is 11.3. The fourth-order valence-electron chi connectivity index (χ4n) is 3.33. The second-order valence-corrected chi connectivity index (χ2v) is 8.79. The summed E-state index contributed by atoms with van der Waals surface area (Å²) in [6, 6.07) is 21.4. The third kappa shape index (κ3) is 7.41. The molecule has 3 aromatic carbocycles. The predicted octanol–water partition coefficient (Wildman–Crippen LogP) is 4.76. The molecule has 7 nitrogen and oxygen atoms in total. The van der Waals surface area contributed by atoms with Gasteiger partial charge in [0, 0.05) is 33.5 Å². The van der Waals surface area contributed by atoms with E-state index in [4.69, 9.17) is 0 Å². The number of hydrogen-bond donors (Lipinski definition) is 3. The lowest BCUT2D eigenvalue weighted by Gasteiger charge is -2.20. The molecule has 0 atom stereocenters. The Balaban J connectivity index is 1.84. The zero-order chi connectivity index (χ0) is 25.2. The van der Waals surface area contributed by atoms with E-state index in [-0.39, 0.29) is 11.4 Å². The van der Waals surface area contributed by atoms with Gasteiger partial charge in [-0.3, -0.25) is 9.59 Å². The number of aromatic hydroxyl groups is 1. The van der Waals surface area contributed by atoms with Crippen LogP contribution >= 0.6 is 22.6 Å². The fraction of sp³-hybridized carbons (Fsp3) is 0.148. The third-order valence-corrected chi connectivity index (χ3v) is 5.89. The lowest BCUT2D eigenvalue weighted by Crippen LogP contribution is -2.32. The molecule has 8 heteroatoms. The van der Waals surface area contributed by atoms with E-state index in [0.717, 1.165) is 27.9 Å². The molecule has 0 aliphatic rings. The van der Waals surface area contributed by atoms with Crippen molar-refractivity contribution in [1.29, 1.82) is 0 Å². The molecule has 180 valence electrons. The molecule has 0 saturated carbocycles. The number of phenols is 1. The van der Waals surface area contributed by atoms with Crippen LogP contribution in [0.15, 0.2) is 83.6 Å². The van der Waals surface area contributed by atoms with Gasteiger partial charge in [-0.2, -0.15) is 5.10 Å². The van der Waals surface area contributed by atoms with E-state index in [2.05, 4.69) is 57.2 Å². The second-order valence-electron chi connectivity index (χ2n) is 7.54. The predicted molar refractivity (Wildman–Crippen MR) is 148 cm³/mol. The summed E-state index contributed by atoms with van der Waals surface area (Å²) in [5, 5.41) is 16.6. The number of carbonyl (C=O) groups excluding carboxylic acids is 2. The lowest BCUT2D eigenvalue weighted by molar-refractivity contribution is -0.117. The molecule has 0 spiro atoms. The number of amides is 2. The van der Waals surface area contributed by atoms with Gasteiger partial charge in [0.05, 0.1) is 6.21 Å². The van der Waals surface area contributed by atoms with E-state index in [1.165, 1.54) is 6.21 Å². The number of halogens is 1. The SMILES string of the molecule is CCN(CC)c1ccc(/C=C(/NC(=O)c2ccccc2)C(=O)N/N=C\c2cc(I)ccc2O)cc1. The first-order valence-electron chi connectivity index (χ1n) is 11.2. The summed E-state index contributed by atoms with van der Waals surface area (Å²) in [5.74, 6) is -0.959. The molecule has 3 aromatic rings. The van der Waals surface area contributed by atoms with Crippen molar-refractivity contribution in [2.24, 2.45) is 5.10 Å². The van der Waals surface area contributed by atoms with Crippen LogP contribution in [-0.2, 0) is 4.79 Å². The number of hydrazone groups is 1. The van der Waals surface area contributed by atoms with E-state index in [1.54, 1.807) is 48.5 Å². The van der Waals surface area contributed by atoms with Crippen LogP contribution in [0.1, 0.15) is 35.3 Å². The summed E-state index contributed by atoms with van der Waals surface area (Å²) in [5.41, 5.74) is 5.18. The minimum Gasteiger partial charge on any atom is -0.507 e. The molecule has 0 saturated heterocycles. The fourth-order valence-corrected chi connectivity index (χ4v) is 3.84. The van der Waals surface area contributed by atoms with Gasteiger partial charge in [-0.15, -0.1) is 0 Å². The minimum atomic E-state index is -0.594. The molecule has 3 N–H and O–H groups in total. The Bertz CT molecular complexity index is 1220. The van der Waals surface area contributed by atoms with Crippen molar-refractivity contribution in [3.63, 3.8) is 0 Å². The highest BCUT2D eigenvalue weighted by Crippen LogP contribution is 2.18. The van der Waals surface area contributed by atoms with Crippen molar-refractivity contribution in [3.05, 3.63) is 98.8 Å². The lowest BCUT2D eigenvalue weighted by atomic mass is 10.1. The Morgan fingerprint density at radius 1 is 1.00 bits per heavy atom. The molecule has 0 fully saturated rings. The molecule has 0 bridgehead atoms. The van der Waals surface area contributed by atoms with Gasteiger partial charge in [0.25, 0.3) is 11.8 Å². The number of nitrogens with zero attached hydrogens (tertiary/aromatic N) is 2. The van der Waals surface area contributed by atoms with Crippen molar-refractivity contribution >= 4 is 52.4 Å². The van der Waals surface area contributed by atoms with E-state index in [9.17, 15) is 14.7 Å². The molecule has 2 amide bonds. The maximum absolute atomic E-state index is 12.9. The highest BCUT2D eigenvalue weighted by atomic mass is 127. The smallest absolute Gasteiger partial charge is 0.287 e. The van der Waals surface area contributed by atoms with Gasteiger partial charge in [0.1, 0.15) is 11.4 Å². The number of rotatable bonds is 9. The van der Waals surface area contributed by atoms with Crippen LogP contribution < -0.4 is 15.6 Å². The zero-order valence-corrected chi connectivity index (χ0v) is 21.7. The highest BCUT2D eigenvalue weighted by molar-refractivity contribution is 14.1. The summed E-state index contributed by atoms with van der Waals surface area (Å²) < 4.78 is 0.914. The Labute approximate surface area is 218 Å². The summed E-state index contributed by atoms with van der Waals surface area (Å²) >= 11 is 2.12. The number of phenolic OH excluding ortho intramolecular Hbond substituents is 1. The molecular weight excluding hydrogens is 555 g/mol. The topological polar surface area (TPSA) is 94.0 Å². The Kier molecular flexibility index (Phi) is 9.42. The molecule has 0 radical (unpaired) electrons. The summed E-state index contributed by atoms with van der Waals surface area (Å²) in [4.78, 5) is 27.9. The van der Waals surface area contributed by atoms with Crippen molar-refractivity contribution in [1.82, 2.24) is 10.7 Å². The monoisotopic (exact) mass is 582 g/mol. The van der Waals surface area contributed by atoms with E-state index in [0.29, 0.717) is 11.1 Å². The van der Waals surface area contributed by atoms with Gasteiger partial charge in [0.2, 0.25) is 0 Å². The van der Waals surface area contributed by atoms with Crippen LogP contribution in [0.4, 0.5) is 5.69 Å². The largest absolute Gasteiger partial charge is 0.507 e. The average molecular weight is 582 g/mol. The minimum absolute atomic E-state index is 0.0402. The van der Waals surface area contributed by atoms with Crippen LogP contribution in [0.2, 0.25) is 0 Å². The van der Waals surface area contributed by atoms with Gasteiger partial charge in [-0.1, -0.05) is 30.3 Å². The summed E-state index contributed by atoms with van der Waals surface area (Å²) in [6.07, 6.45) is 2.95. The maximum Gasteiger partial charge on any atom is 0.287 e. The number of benzene rings is 3.